The summed E-state index contributed by atoms with van der Waals surface area (Å²) in [5, 5.41) is 0. The molecule has 2 aliphatic heterocycles. The van der Waals surface area contributed by atoms with Crippen molar-refractivity contribution in [1.82, 2.24) is 4.90 Å². The molecular formula is C16H21FN2O2. The van der Waals surface area contributed by atoms with Crippen LogP contribution in [0.25, 0.3) is 0 Å². The van der Waals surface area contributed by atoms with E-state index in [-0.39, 0.29) is 6.10 Å². The quantitative estimate of drug-likeness (QED) is 0.864. The van der Waals surface area contributed by atoms with Crippen molar-refractivity contribution in [2.75, 3.05) is 19.6 Å². The van der Waals surface area contributed by atoms with Gasteiger partial charge < -0.3 is 10.5 Å². The smallest absolute Gasteiger partial charge is 0.327 e. The van der Waals surface area contributed by atoms with Gasteiger partial charge >= 0.3 is 5.97 Å². The summed E-state index contributed by atoms with van der Waals surface area (Å²) < 4.78 is 18.7. The number of hydrogen-bond donors (Lipinski definition) is 1. The molecule has 1 aromatic rings. The van der Waals surface area contributed by atoms with Crippen LogP contribution in [0.2, 0.25) is 0 Å². The van der Waals surface area contributed by atoms with Gasteiger partial charge in [-0.3, -0.25) is 4.90 Å². The average molecular weight is 292 g/mol. The van der Waals surface area contributed by atoms with Crippen LogP contribution in [0, 0.1) is 11.7 Å². The molecule has 2 fully saturated rings. The van der Waals surface area contributed by atoms with Crippen molar-refractivity contribution in [3.63, 3.8) is 0 Å². The summed E-state index contributed by atoms with van der Waals surface area (Å²) in [6, 6.07) is 4.89. The van der Waals surface area contributed by atoms with Gasteiger partial charge in [-0.15, -0.1) is 0 Å². The molecule has 1 aromatic carbocycles. The number of esters is 1. The molecule has 0 aromatic heterocycles. The van der Waals surface area contributed by atoms with Crippen LogP contribution in [0.1, 0.15) is 30.9 Å². The fraction of sp³-hybridized carbons (Fsp3) is 0.562. The molecule has 0 radical (unpaired) electrons. The largest absolute Gasteiger partial charge is 0.460 e. The molecule has 4 nitrogen and oxygen atoms in total. The third-order valence-corrected chi connectivity index (χ3v) is 4.41. The standard InChI is InChI=1S/C16H21FN2O2/c17-13-5-1-4-12(8-13)15(18)16(20)21-14-7-11-3-2-6-19(9-11)10-14/h1,4-5,8,11,14-15H,2-3,6-7,9-10,18H2/t11?,14-,15?/m1/s1. The van der Waals surface area contributed by atoms with E-state index in [2.05, 4.69) is 4.90 Å². The second-order valence-corrected chi connectivity index (χ2v) is 6.10. The molecule has 114 valence electrons. The molecular weight excluding hydrogens is 271 g/mol. The van der Waals surface area contributed by atoms with Crippen LogP contribution in [0.5, 0.6) is 0 Å². The summed E-state index contributed by atoms with van der Waals surface area (Å²) in [4.78, 5) is 14.5. The Hall–Kier alpha value is -1.46. The Morgan fingerprint density at radius 2 is 2.29 bits per heavy atom. The third kappa shape index (κ3) is 3.41. The van der Waals surface area contributed by atoms with Crippen molar-refractivity contribution < 1.29 is 13.9 Å². The number of ether oxygens (including phenoxy) is 1. The molecule has 0 spiro atoms. The highest BCUT2D eigenvalue weighted by molar-refractivity contribution is 5.77. The first-order valence-corrected chi connectivity index (χ1v) is 7.55. The van der Waals surface area contributed by atoms with Gasteiger partial charge in [-0.2, -0.15) is 0 Å². The third-order valence-electron chi connectivity index (χ3n) is 4.41. The van der Waals surface area contributed by atoms with E-state index in [1.54, 1.807) is 12.1 Å². The van der Waals surface area contributed by atoms with E-state index < -0.39 is 17.8 Å². The number of carbonyl (C=O) groups excluding carboxylic acids is 1. The molecule has 0 amide bonds. The van der Waals surface area contributed by atoms with E-state index in [1.165, 1.54) is 25.0 Å². The minimum atomic E-state index is -0.919. The second kappa shape index (κ2) is 6.12. The Labute approximate surface area is 124 Å². The molecule has 0 saturated carbocycles. The molecule has 0 aliphatic carbocycles. The summed E-state index contributed by atoms with van der Waals surface area (Å²) >= 11 is 0. The number of nitrogens with zero attached hydrogens (tertiary/aromatic N) is 1. The van der Waals surface area contributed by atoms with Crippen LogP contribution < -0.4 is 5.73 Å². The molecule has 21 heavy (non-hydrogen) atoms. The lowest BCUT2D eigenvalue weighted by Gasteiger charge is -2.41. The number of hydrogen-bond acceptors (Lipinski definition) is 4. The Balaban J connectivity index is 1.61. The number of nitrogens with two attached hydrogens (primary N) is 1. The van der Waals surface area contributed by atoms with Crippen molar-refractivity contribution in [2.45, 2.75) is 31.4 Å². The SMILES string of the molecule is NC(C(=O)O[C@@H]1CC2CCCN(C2)C1)c1cccc(F)c1. The van der Waals surface area contributed by atoms with E-state index in [9.17, 15) is 9.18 Å². The van der Waals surface area contributed by atoms with E-state index in [1.807, 2.05) is 0 Å². The number of piperidine rings is 2. The highest BCUT2D eigenvalue weighted by atomic mass is 19.1. The van der Waals surface area contributed by atoms with Gasteiger partial charge in [0, 0.05) is 13.1 Å². The molecule has 2 N–H and O–H groups in total. The van der Waals surface area contributed by atoms with Crippen LogP contribution in [0.4, 0.5) is 4.39 Å². The van der Waals surface area contributed by atoms with Gasteiger partial charge in [-0.1, -0.05) is 12.1 Å². The highest BCUT2D eigenvalue weighted by Gasteiger charge is 2.33. The van der Waals surface area contributed by atoms with Crippen molar-refractivity contribution in [2.24, 2.45) is 11.7 Å². The second-order valence-electron chi connectivity index (χ2n) is 6.10. The maximum atomic E-state index is 13.2. The number of carbonyl (C=O) groups is 1. The zero-order valence-electron chi connectivity index (χ0n) is 12.0. The van der Waals surface area contributed by atoms with Crippen molar-refractivity contribution in [3.05, 3.63) is 35.6 Å². The van der Waals surface area contributed by atoms with Crippen LogP contribution in [0.15, 0.2) is 24.3 Å². The van der Waals surface area contributed by atoms with Gasteiger partial charge in [0.15, 0.2) is 0 Å². The fourth-order valence-corrected chi connectivity index (χ4v) is 3.40. The van der Waals surface area contributed by atoms with Gasteiger partial charge in [0.05, 0.1) is 0 Å². The fourth-order valence-electron chi connectivity index (χ4n) is 3.40. The highest BCUT2D eigenvalue weighted by Crippen LogP contribution is 2.28. The Kier molecular flexibility index (Phi) is 4.22. The maximum Gasteiger partial charge on any atom is 0.327 e. The first-order chi connectivity index (χ1) is 10.1. The minimum Gasteiger partial charge on any atom is -0.460 e. The Morgan fingerprint density at radius 3 is 3.05 bits per heavy atom. The lowest BCUT2D eigenvalue weighted by molar-refractivity contribution is -0.155. The molecule has 4 atom stereocenters. The van der Waals surface area contributed by atoms with Crippen molar-refractivity contribution in [1.29, 1.82) is 0 Å². The molecule has 3 unspecified atom stereocenters. The molecule has 5 heteroatoms. The maximum absolute atomic E-state index is 13.2. The zero-order chi connectivity index (χ0) is 14.8. The van der Waals surface area contributed by atoms with Gasteiger partial charge in [0.2, 0.25) is 0 Å². The van der Waals surface area contributed by atoms with Crippen LogP contribution in [-0.4, -0.2) is 36.6 Å². The predicted molar refractivity (Wildman–Crippen MR) is 77.0 cm³/mol. The number of benzene rings is 1. The predicted octanol–water partition coefficient (Wildman–Crippen LogP) is 1.85. The minimum absolute atomic E-state index is 0.0869. The van der Waals surface area contributed by atoms with Crippen molar-refractivity contribution >= 4 is 5.97 Å². The first-order valence-electron chi connectivity index (χ1n) is 7.55. The first kappa shape index (κ1) is 14.5. The van der Waals surface area contributed by atoms with Crippen LogP contribution in [-0.2, 0) is 9.53 Å². The molecule has 3 rings (SSSR count). The lowest BCUT2D eigenvalue weighted by Crippen LogP contribution is -2.48. The topological polar surface area (TPSA) is 55.6 Å². The summed E-state index contributed by atoms with van der Waals surface area (Å²) in [5.74, 6) is -0.239. The monoisotopic (exact) mass is 292 g/mol. The number of halogens is 1. The summed E-state index contributed by atoms with van der Waals surface area (Å²) in [6.45, 7) is 2.99. The van der Waals surface area contributed by atoms with Gasteiger partial charge in [-0.25, -0.2) is 9.18 Å². The summed E-state index contributed by atoms with van der Waals surface area (Å²) in [6.07, 6.45) is 3.27. The van der Waals surface area contributed by atoms with E-state index in [0.29, 0.717) is 11.5 Å². The van der Waals surface area contributed by atoms with E-state index in [0.717, 1.165) is 26.1 Å². The van der Waals surface area contributed by atoms with Crippen LogP contribution in [0.3, 0.4) is 0 Å². The zero-order valence-corrected chi connectivity index (χ0v) is 12.0. The summed E-state index contributed by atoms with van der Waals surface area (Å²) in [5.41, 5.74) is 6.34. The Bertz CT molecular complexity index is 511. The molecule has 2 bridgehead atoms. The number of fused-ring (bicyclic) bond motifs is 2. The van der Waals surface area contributed by atoms with Crippen molar-refractivity contribution in [3.8, 4) is 0 Å². The normalized spacial score (nSPS) is 29.7. The lowest BCUT2D eigenvalue weighted by atomic mass is 9.88. The van der Waals surface area contributed by atoms with Gasteiger partial charge in [0.25, 0.3) is 0 Å². The van der Waals surface area contributed by atoms with E-state index >= 15 is 0 Å². The van der Waals surface area contributed by atoms with Gasteiger partial charge in [-0.05, 0) is 49.4 Å². The molecule has 2 heterocycles. The summed E-state index contributed by atoms with van der Waals surface area (Å²) in [7, 11) is 0. The molecule has 2 aliphatic rings. The Morgan fingerprint density at radius 1 is 1.43 bits per heavy atom. The average Bonchev–Trinajstić information content (AvgIpc) is 2.46. The van der Waals surface area contributed by atoms with E-state index in [4.69, 9.17) is 10.5 Å². The van der Waals surface area contributed by atoms with Gasteiger partial charge in [0.1, 0.15) is 18.0 Å². The molecule has 2 saturated heterocycles. The number of rotatable bonds is 3. The van der Waals surface area contributed by atoms with Crippen LogP contribution >= 0.6 is 0 Å².